The van der Waals surface area contributed by atoms with Crippen LogP contribution in [0, 0.1) is 13.8 Å². The van der Waals surface area contributed by atoms with Gasteiger partial charge in [-0.15, -0.1) is 11.3 Å². The zero-order chi connectivity index (χ0) is 16.4. The van der Waals surface area contributed by atoms with E-state index in [4.69, 9.17) is 9.47 Å². The molecule has 0 saturated carbocycles. The van der Waals surface area contributed by atoms with Crippen molar-refractivity contribution in [2.45, 2.75) is 20.8 Å². The fourth-order valence-electron chi connectivity index (χ4n) is 2.40. The molecule has 0 aliphatic rings. The lowest BCUT2D eigenvalue weighted by molar-refractivity contribution is 0.375. The van der Waals surface area contributed by atoms with Crippen molar-refractivity contribution in [1.82, 2.24) is 9.97 Å². The topological polar surface area (TPSA) is 44.2 Å². The number of hydrogen-bond donors (Lipinski definition) is 0. The van der Waals surface area contributed by atoms with Gasteiger partial charge in [-0.1, -0.05) is 18.2 Å². The first-order chi connectivity index (χ1) is 11.1. The van der Waals surface area contributed by atoms with E-state index in [9.17, 15) is 0 Å². The third kappa shape index (κ3) is 2.92. The van der Waals surface area contributed by atoms with E-state index in [0.717, 1.165) is 21.3 Å². The van der Waals surface area contributed by atoms with Gasteiger partial charge < -0.3 is 9.47 Å². The van der Waals surface area contributed by atoms with Gasteiger partial charge in [0.25, 0.3) is 0 Å². The van der Waals surface area contributed by atoms with E-state index >= 15 is 0 Å². The van der Waals surface area contributed by atoms with Crippen molar-refractivity contribution in [3.8, 4) is 17.4 Å². The van der Waals surface area contributed by atoms with Crippen molar-refractivity contribution in [2.75, 3.05) is 7.11 Å². The number of nitrogens with zero attached hydrogens (tertiary/aromatic N) is 2. The summed E-state index contributed by atoms with van der Waals surface area (Å²) in [6.07, 6.45) is 5.54. The summed E-state index contributed by atoms with van der Waals surface area (Å²) in [6.45, 7) is 6.13. The molecule has 5 heteroatoms. The summed E-state index contributed by atoms with van der Waals surface area (Å²) in [5, 5.41) is 0.967. The summed E-state index contributed by atoms with van der Waals surface area (Å²) >= 11 is 1.65. The van der Waals surface area contributed by atoms with Gasteiger partial charge in [0.1, 0.15) is 11.2 Å². The van der Waals surface area contributed by atoms with Gasteiger partial charge in [-0.25, -0.2) is 9.97 Å². The third-order valence-electron chi connectivity index (χ3n) is 3.68. The van der Waals surface area contributed by atoms with E-state index in [0.29, 0.717) is 17.4 Å². The molecule has 1 aromatic carbocycles. The van der Waals surface area contributed by atoms with Crippen molar-refractivity contribution in [2.24, 2.45) is 0 Å². The van der Waals surface area contributed by atoms with Crippen LogP contribution in [-0.4, -0.2) is 17.1 Å². The van der Waals surface area contributed by atoms with E-state index in [1.165, 1.54) is 11.2 Å². The maximum absolute atomic E-state index is 6.05. The highest BCUT2D eigenvalue weighted by molar-refractivity contribution is 7.18. The van der Waals surface area contributed by atoms with Crippen LogP contribution in [0.3, 0.4) is 0 Å². The Morgan fingerprint density at radius 3 is 2.70 bits per heavy atom. The second kappa shape index (κ2) is 6.38. The van der Waals surface area contributed by atoms with Crippen LogP contribution in [0.25, 0.3) is 16.3 Å². The number of fused-ring (bicyclic) bond motifs is 1. The average Bonchev–Trinajstić information content (AvgIpc) is 2.84. The molecule has 0 N–H and O–H groups in total. The highest BCUT2D eigenvalue weighted by Gasteiger charge is 2.15. The molecule has 0 fully saturated rings. The van der Waals surface area contributed by atoms with E-state index in [2.05, 4.69) is 23.8 Å². The molecule has 0 unspecified atom stereocenters. The van der Waals surface area contributed by atoms with Crippen molar-refractivity contribution >= 4 is 27.6 Å². The van der Waals surface area contributed by atoms with Gasteiger partial charge in [0, 0.05) is 4.88 Å². The first kappa shape index (κ1) is 15.5. The molecule has 0 radical (unpaired) electrons. The molecule has 0 spiro atoms. The summed E-state index contributed by atoms with van der Waals surface area (Å²) < 4.78 is 11.5. The summed E-state index contributed by atoms with van der Waals surface area (Å²) in [5.41, 5.74) is 2.22. The number of ether oxygens (including phenoxy) is 2. The Morgan fingerprint density at radius 1 is 1.13 bits per heavy atom. The Kier molecular flexibility index (Phi) is 4.30. The van der Waals surface area contributed by atoms with Crippen LogP contribution < -0.4 is 9.47 Å². The van der Waals surface area contributed by atoms with Gasteiger partial charge >= 0.3 is 0 Å². The maximum atomic E-state index is 6.05. The Hall–Kier alpha value is -2.40. The number of thiophene rings is 1. The van der Waals surface area contributed by atoms with Gasteiger partial charge in [-0.2, -0.15) is 0 Å². The second-order valence-electron chi connectivity index (χ2n) is 5.15. The maximum Gasteiger partial charge on any atom is 0.231 e. The zero-order valence-corrected chi connectivity index (χ0v) is 14.4. The molecule has 0 aliphatic heterocycles. The second-order valence-corrected chi connectivity index (χ2v) is 6.36. The van der Waals surface area contributed by atoms with Gasteiger partial charge in [-0.3, -0.25) is 0 Å². The van der Waals surface area contributed by atoms with E-state index in [1.807, 2.05) is 37.3 Å². The van der Waals surface area contributed by atoms with Crippen LogP contribution in [0.2, 0.25) is 0 Å². The van der Waals surface area contributed by atoms with Crippen LogP contribution in [0.1, 0.15) is 22.9 Å². The number of rotatable bonds is 4. The molecular weight excluding hydrogens is 308 g/mol. The predicted molar refractivity (Wildman–Crippen MR) is 94.7 cm³/mol. The minimum atomic E-state index is 0.564. The summed E-state index contributed by atoms with van der Waals surface area (Å²) in [4.78, 5) is 10.8. The lowest BCUT2D eigenvalue weighted by atomic mass is 10.2. The van der Waals surface area contributed by atoms with Crippen LogP contribution in [0.15, 0.2) is 30.6 Å². The lowest BCUT2D eigenvalue weighted by Crippen LogP contribution is -1.94. The highest BCUT2D eigenvalue weighted by atomic mass is 32.1. The normalized spacial score (nSPS) is 11.3. The Labute approximate surface area is 139 Å². The smallest absolute Gasteiger partial charge is 0.231 e. The number of hydrogen-bond acceptors (Lipinski definition) is 5. The monoisotopic (exact) mass is 326 g/mol. The molecule has 0 amide bonds. The van der Waals surface area contributed by atoms with Crippen molar-refractivity contribution in [1.29, 1.82) is 0 Å². The molecule has 118 valence electrons. The van der Waals surface area contributed by atoms with Gasteiger partial charge in [0.2, 0.25) is 5.88 Å². The Balaban J connectivity index is 2.05. The number of aromatic nitrogens is 2. The highest BCUT2D eigenvalue weighted by Crippen LogP contribution is 2.38. The minimum Gasteiger partial charge on any atom is -0.493 e. The fraction of sp³-hybridized carbons (Fsp3) is 0.222. The molecule has 2 aromatic heterocycles. The fourth-order valence-corrected chi connectivity index (χ4v) is 3.38. The number of allylic oxidation sites excluding steroid dienone is 1. The van der Waals surface area contributed by atoms with E-state index in [1.54, 1.807) is 18.4 Å². The van der Waals surface area contributed by atoms with Crippen LogP contribution >= 0.6 is 11.3 Å². The van der Waals surface area contributed by atoms with Crippen molar-refractivity contribution in [3.63, 3.8) is 0 Å². The minimum absolute atomic E-state index is 0.564. The van der Waals surface area contributed by atoms with Crippen molar-refractivity contribution < 1.29 is 9.47 Å². The van der Waals surface area contributed by atoms with Crippen LogP contribution in [0.4, 0.5) is 0 Å². The van der Waals surface area contributed by atoms with Crippen molar-refractivity contribution in [3.05, 3.63) is 46.6 Å². The summed E-state index contributed by atoms with van der Waals surface area (Å²) in [7, 11) is 1.64. The third-order valence-corrected chi connectivity index (χ3v) is 4.80. The summed E-state index contributed by atoms with van der Waals surface area (Å²) in [5.74, 6) is 1.88. The molecule has 0 aliphatic carbocycles. The SMILES string of the molecule is CC=Cc1ccc(Oc2ncnc3sc(C)c(C)c23)c(OC)c1. The molecule has 0 atom stereocenters. The summed E-state index contributed by atoms with van der Waals surface area (Å²) in [6, 6.07) is 5.83. The molecule has 0 saturated heterocycles. The van der Waals surface area contributed by atoms with Gasteiger partial charge in [0.15, 0.2) is 11.5 Å². The Morgan fingerprint density at radius 2 is 1.96 bits per heavy atom. The molecule has 0 bridgehead atoms. The predicted octanol–water partition coefficient (Wildman–Crippen LogP) is 5.14. The number of aryl methyl sites for hydroxylation is 2. The number of benzene rings is 1. The first-order valence-electron chi connectivity index (χ1n) is 7.33. The largest absolute Gasteiger partial charge is 0.493 e. The molecule has 4 nitrogen and oxygen atoms in total. The molecule has 3 aromatic rings. The molecule has 23 heavy (non-hydrogen) atoms. The first-order valence-corrected chi connectivity index (χ1v) is 8.15. The van der Waals surface area contributed by atoms with E-state index in [-0.39, 0.29) is 0 Å². The van der Waals surface area contributed by atoms with Gasteiger partial charge in [0.05, 0.1) is 12.5 Å². The molecule has 2 heterocycles. The lowest BCUT2D eigenvalue weighted by Gasteiger charge is -2.11. The van der Waals surface area contributed by atoms with Gasteiger partial charge in [-0.05, 0) is 44.0 Å². The number of methoxy groups -OCH3 is 1. The zero-order valence-electron chi connectivity index (χ0n) is 13.6. The average molecular weight is 326 g/mol. The van der Waals surface area contributed by atoms with Crippen LogP contribution in [0.5, 0.6) is 17.4 Å². The van der Waals surface area contributed by atoms with E-state index < -0.39 is 0 Å². The Bertz CT molecular complexity index is 884. The molecular formula is C18H18N2O2S. The van der Waals surface area contributed by atoms with Crippen LogP contribution in [-0.2, 0) is 0 Å². The molecule has 3 rings (SSSR count). The quantitative estimate of drug-likeness (QED) is 0.665. The standard InChI is InChI=1S/C18H18N2O2S/c1-5-6-13-7-8-14(15(9-13)21-4)22-17-16-11(2)12(3)23-18(16)20-10-19-17/h5-10H,1-4H3.